The average molecular weight is 360 g/mol. The monoisotopic (exact) mass is 358 g/mol. The van der Waals surface area contributed by atoms with Crippen LogP contribution in [0.2, 0.25) is 0 Å². The Kier molecular flexibility index (Phi) is 5.55. The largest absolute Gasteiger partial charge is 0.207 e. The number of alkyl halides is 1. The van der Waals surface area contributed by atoms with Crippen molar-refractivity contribution in [2.75, 3.05) is 5.88 Å². The minimum atomic E-state index is -0.554. The molecule has 0 nitrogen and oxygen atoms in total. The van der Waals surface area contributed by atoms with E-state index in [9.17, 15) is 8.78 Å². The van der Waals surface area contributed by atoms with E-state index < -0.39 is 11.6 Å². The predicted octanol–water partition coefficient (Wildman–Crippen LogP) is 5.37. The minimum Gasteiger partial charge on any atom is -0.207 e. The molecule has 0 saturated carbocycles. The van der Waals surface area contributed by atoms with Crippen LogP contribution in [0.3, 0.4) is 0 Å². The maximum atomic E-state index is 13.6. The summed E-state index contributed by atoms with van der Waals surface area (Å²) in [5.41, 5.74) is 1.66. The van der Waals surface area contributed by atoms with Crippen molar-refractivity contribution in [3.05, 3.63) is 69.7 Å². The number of hydrogen-bond donors (Lipinski definition) is 0. The van der Waals surface area contributed by atoms with Crippen molar-refractivity contribution in [3.63, 3.8) is 0 Å². The molecule has 0 fully saturated rings. The lowest BCUT2D eigenvalue weighted by Gasteiger charge is -2.14. The number of benzene rings is 2. The molecule has 106 valence electrons. The average Bonchev–Trinajstić information content (AvgIpc) is 2.43. The Hall–Kier alpha value is -0.930. The lowest BCUT2D eigenvalue weighted by molar-refractivity contribution is 0.534. The molecular weight excluding hydrogens is 346 g/mol. The van der Waals surface area contributed by atoms with Crippen molar-refractivity contribution in [2.45, 2.75) is 12.8 Å². The summed E-state index contributed by atoms with van der Waals surface area (Å²) in [5.74, 6) is -0.498. The Bertz CT molecular complexity index is 569. The highest BCUT2D eigenvalue weighted by atomic mass is 79.9. The van der Waals surface area contributed by atoms with Crippen molar-refractivity contribution >= 4 is 27.5 Å². The zero-order valence-electron chi connectivity index (χ0n) is 10.8. The molecule has 0 heterocycles. The van der Waals surface area contributed by atoms with E-state index in [1.54, 1.807) is 0 Å². The van der Waals surface area contributed by atoms with Crippen LogP contribution < -0.4 is 0 Å². The molecule has 2 aromatic carbocycles. The smallest absolute Gasteiger partial charge is 0.129 e. The molecule has 0 amide bonds. The zero-order chi connectivity index (χ0) is 14.5. The molecule has 0 aliphatic carbocycles. The Labute approximate surface area is 130 Å². The first kappa shape index (κ1) is 15.5. The first-order valence-corrected chi connectivity index (χ1v) is 7.65. The first-order valence-electron chi connectivity index (χ1n) is 6.33. The highest BCUT2D eigenvalue weighted by molar-refractivity contribution is 9.10. The van der Waals surface area contributed by atoms with Gasteiger partial charge in [0.15, 0.2) is 0 Å². The molecule has 0 aliphatic heterocycles. The molecule has 0 N–H and O–H groups in total. The SMILES string of the molecule is Fc1ccc(CC(CCl)Cc2ccc(Br)cc2)c(F)c1. The fourth-order valence-corrected chi connectivity index (χ4v) is 2.62. The van der Waals surface area contributed by atoms with Gasteiger partial charge in [-0.2, -0.15) is 0 Å². The van der Waals surface area contributed by atoms with Crippen molar-refractivity contribution in [2.24, 2.45) is 5.92 Å². The summed E-state index contributed by atoms with van der Waals surface area (Å²) in [6.07, 6.45) is 1.28. The van der Waals surface area contributed by atoms with Gasteiger partial charge in [-0.15, -0.1) is 11.6 Å². The summed E-state index contributed by atoms with van der Waals surface area (Å²) >= 11 is 9.36. The van der Waals surface area contributed by atoms with Crippen LogP contribution >= 0.6 is 27.5 Å². The topological polar surface area (TPSA) is 0 Å². The van der Waals surface area contributed by atoms with Crippen LogP contribution in [0.4, 0.5) is 8.78 Å². The van der Waals surface area contributed by atoms with Crippen LogP contribution in [0.15, 0.2) is 46.9 Å². The van der Waals surface area contributed by atoms with Gasteiger partial charge in [-0.1, -0.05) is 34.1 Å². The lowest BCUT2D eigenvalue weighted by Crippen LogP contribution is -2.11. The maximum absolute atomic E-state index is 13.6. The van der Waals surface area contributed by atoms with Crippen LogP contribution in [-0.4, -0.2) is 5.88 Å². The van der Waals surface area contributed by atoms with Crippen LogP contribution in [0.5, 0.6) is 0 Å². The van der Waals surface area contributed by atoms with E-state index in [2.05, 4.69) is 15.9 Å². The standard InChI is InChI=1S/C16H14BrClF2/c17-14-4-1-11(2-5-14)7-12(10-18)8-13-3-6-15(19)9-16(13)20/h1-6,9,12H,7-8,10H2. The number of rotatable bonds is 5. The Morgan fingerprint density at radius 2 is 1.70 bits per heavy atom. The molecule has 0 radical (unpaired) electrons. The van der Waals surface area contributed by atoms with Gasteiger partial charge in [0.2, 0.25) is 0 Å². The summed E-state index contributed by atoms with van der Waals surface area (Å²) in [4.78, 5) is 0. The van der Waals surface area contributed by atoms with Crippen molar-refractivity contribution in [1.29, 1.82) is 0 Å². The maximum Gasteiger partial charge on any atom is 0.129 e. The summed E-state index contributed by atoms with van der Waals surface area (Å²) in [7, 11) is 0. The summed E-state index contributed by atoms with van der Waals surface area (Å²) < 4.78 is 27.6. The number of halogens is 4. The fourth-order valence-electron chi connectivity index (χ4n) is 2.13. The highest BCUT2D eigenvalue weighted by Gasteiger charge is 2.13. The second kappa shape index (κ2) is 7.19. The second-order valence-corrected chi connectivity index (χ2v) is 6.02. The van der Waals surface area contributed by atoms with Gasteiger partial charge >= 0.3 is 0 Å². The quantitative estimate of drug-likeness (QED) is 0.630. The van der Waals surface area contributed by atoms with Gasteiger partial charge in [0.1, 0.15) is 11.6 Å². The van der Waals surface area contributed by atoms with Crippen LogP contribution in [0.1, 0.15) is 11.1 Å². The summed E-state index contributed by atoms with van der Waals surface area (Å²) in [5, 5.41) is 0. The predicted molar refractivity (Wildman–Crippen MR) is 82.1 cm³/mol. The summed E-state index contributed by atoms with van der Waals surface area (Å²) in [6.45, 7) is 0. The van der Waals surface area contributed by atoms with E-state index in [1.807, 2.05) is 24.3 Å². The molecular formula is C16H14BrClF2. The Balaban J connectivity index is 2.07. The van der Waals surface area contributed by atoms with E-state index in [0.717, 1.165) is 22.5 Å². The molecule has 0 aliphatic rings. The molecule has 2 rings (SSSR count). The van der Waals surface area contributed by atoms with Gasteiger partial charge in [0.25, 0.3) is 0 Å². The lowest BCUT2D eigenvalue weighted by atomic mass is 9.94. The van der Waals surface area contributed by atoms with Gasteiger partial charge in [-0.05, 0) is 48.1 Å². The fraction of sp³-hybridized carbons (Fsp3) is 0.250. The normalized spacial score (nSPS) is 12.4. The van der Waals surface area contributed by atoms with Crippen molar-refractivity contribution in [1.82, 2.24) is 0 Å². The highest BCUT2D eigenvalue weighted by Crippen LogP contribution is 2.20. The van der Waals surface area contributed by atoms with E-state index >= 15 is 0 Å². The molecule has 0 saturated heterocycles. The van der Waals surface area contributed by atoms with E-state index in [1.165, 1.54) is 12.1 Å². The van der Waals surface area contributed by atoms with Crippen LogP contribution in [0.25, 0.3) is 0 Å². The molecule has 0 aromatic heterocycles. The first-order chi connectivity index (χ1) is 9.58. The van der Waals surface area contributed by atoms with E-state index in [0.29, 0.717) is 17.9 Å². The van der Waals surface area contributed by atoms with Crippen LogP contribution in [-0.2, 0) is 12.8 Å². The van der Waals surface area contributed by atoms with Gasteiger partial charge in [0.05, 0.1) is 0 Å². The van der Waals surface area contributed by atoms with E-state index in [4.69, 9.17) is 11.6 Å². The summed E-state index contributed by atoms with van der Waals surface area (Å²) in [6, 6.07) is 11.7. The number of hydrogen-bond acceptors (Lipinski definition) is 0. The molecule has 4 heteroatoms. The van der Waals surface area contributed by atoms with Crippen LogP contribution in [0, 0.1) is 17.6 Å². The molecule has 2 aromatic rings. The van der Waals surface area contributed by atoms with Gasteiger partial charge in [-0.3, -0.25) is 0 Å². The van der Waals surface area contributed by atoms with Gasteiger partial charge in [0, 0.05) is 16.4 Å². The van der Waals surface area contributed by atoms with Gasteiger partial charge in [-0.25, -0.2) is 8.78 Å². The minimum absolute atomic E-state index is 0.123. The van der Waals surface area contributed by atoms with E-state index in [-0.39, 0.29) is 5.92 Å². The molecule has 20 heavy (non-hydrogen) atoms. The van der Waals surface area contributed by atoms with Crippen molar-refractivity contribution in [3.8, 4) is 0 Å². The van der Waals surface area contributed by atoms with Crippen molar-refractivity contribution < 1.29 is 8.78 Å². The van der Waals surface area contributed by atoms with Gasteiger partial charge < -0.3 is 0 Å². The zero-order valence-corrected chi connectivity index (χ0v) is 13.1. The third-order valence-corrected chi connectivity index (χ3v) is 4.14. The Morgan fingerprint density at radius 3 is 2.30 bits per heavy atom. The molecule has 1 atom stereocenters. The second-order valence-electron chi connectivity index (χ2n) is 4.79. The molecule has 1 unspecified atom stereocenters. The third-order valence-electron chi connectivity index (χ3n) is 3.18. The molecule has 0 spiro atoms. The third kappa shape index (κ3) is 4.29. The molecule has 0 bridgehead atoms. The Morgan fingerprint density at radius 1 is 1.00 bits per heavy atom.